The summed E-state index contributed by atoms with van der Waals surface area (Å²) in [5, 5.41) is 68.6. The Bertz CT molecular complexity index is 4330. The van der Waals surface area contributed by atoms with Gasteiger partial charge in [0.25, 0.3) is 0 Å². The molecule has 8 heterocycles. The number of phenolic OH excluding ortho intramolecular Hbond substituents is 2. The summed E-state index contributed by atoms with van der Waals surface area (Å²) >= 11 is 4.96. The Morgan fingerprint density at radius 2 is 0.717 bits per heavy atom. The molecule has 18 aliphatic rings. The SMILES string of the molecule is C=CCN1CC[C@]23c4c5ccc(COC)c4O[C@H]2C(=O)CC[C@@]3(O)[C@H]1C5.C=CCN1CC[C@]23c4c5ccc(O)c4O[C@H]2C(=O)CC[C@@]3(O)[C@H]1C5.COCCl.COCc1ccc2c3c1O[C@H]1C(=O)CC[C@@]4(O)[C@@H](C2)N(CC2CC2)CC[C@]314.O=C1CC[C@@]2(O)[C@H]3Cc4ccc(O)c5c4[C@@]2(CCN3CC2CC2)[C@H]1O5. The first-order chi connectivity index (χ1) is 51.1. The standard InChI is InChI=1S/C22H27NO4.C21H25NO4.C20H23NO4.C19H21NO4.C2H5ClO/c1-26-12-15-5-4-14-10-17-22(25)7-6-16(24)20-21(22,18(14)19(15)27-20)8-9-23(17)11-13-2-3-13;1-3-9-22-10-8-20-17-13-4-5-14(12-25-2)18(17)26-19(20)15(23)6-7-21(20,24)16(22)11-13;22-13-4-3-12-9-15-20(24)6-5-14(23)18-19(20,16(12)17(13)25-18)7-8-21(15)10-11-1-2-11;1-2-8-20-9-7-18-15-11-3-4-12(21)16(15)24-17(18)13(22)5-6-19(18,23)14(20)10-11;1-4-2-3/h4-5,13,17,20,25H,2-3,6-12H2,1H3;3-5,16,19,24H,1,6-12H2,2H3;3-4,11,15,18,22,24H,1-2,5-10H2;2-4,14,17,21,23H,1,5-10H2;2H2,1H3/t17-,20+,21+,22-;16-,19+,20+,21-;15-,18+,19+,20-;14-,17+,18+,19-;/m1111./s1. The number of aliphatic hydroxyl groups is 4. The van der Waals surface area contributed by atoms with Crippen molar-refractivity contribution in [2.45, 2.75) is 234 Å². The van der Waals surface area contributed by atoms with Gasteiger partial charge in [0, 0.05) is 144 Å². The summed E-state index contributed by atoms with van der Waals surface area (Å²) in [5.74, 6) is 4.60. The third-order valence-electron chi connectivity index (χ3n) is 29.5. The lowest BCUT2D eigenvalue weighted by atomic mass is 9.49. The maximum atomic E-state index is 12.9. The molecule has 8 bridgehead atoms. The van der Waals surface area contributed by atoms with Crippen molar-refractivity contribution in [3.63, 3.8) is 0 Å². The van der Waals surface area contributed by atoms with Crippen LogP contribution in [0.15, 0.2) is 73.8 Å². The van der Waals surface area contributed by atoms with E-state index in [1.165, 1.54) is 36.8 Å². The fourth-order valence-electron chi connectivity index (χ4n) is 24.8. The van der Waals surface area contributed by atoms with Gasteiger partial charge in [0.1, 0.15) is 17.6 Å². The number of aromatic hydroxyl groups is 2. The first-order valence-corrected chi connectivity index (χ1v) is 39.6. The molecule has 6 N–H and O–H groups in total. The maximum Gasteiger partial charge on any atom is 0.174 e. The molecular formula is C84H101ClN4O17. The number of carbonyl (C=O) groups excluding carboxylic acids is 4. The van der Waals surface area contributed by atoms with Crippen LogP contribution in [-0.4, -0.2) is 224 Å². The average molecular weight is 1470 g/mol. The van der Waals surface area contributed by atoms with Gasteiger partial charge in [-0.2, -0.15) is 0 Å². The third-order valence-corrected chi connectivity index (χ3v) is 29.7. The molecule has 0 radical (unpaired) electrons. The zero-order chi connectivity index (χ0) is 73.6. The zero-order valence-electron chi connectivity index (χ0n) is 61.2. The largest absolute Gasteiger partial charge is 0.504 e. The number of piperidine rings is 4. The van der Waals surface area contributed by atoms with Crippen LogP contribution >= 0.6 is 11.6 Å². The molecule has 10 aliphatic carbocycles. The second-order valence-electron chi connectivity index (χ2n) is 34.1. The summed E-state index contributed by atoms with van der Waals surface area (Å²) < 4.78 is 39.7. The van der Waals surface area contributed by atoms with Crippen molar-refractivity contribution in [3.8, 4) is 34.5 Å². The highest BCUT2D eigenvalue weighted by molar-refractivity contribution is 6.17. The van der Waals surface area contributed by atoms with Crippen LogP contribution in [0.5, 0.6) is 34.5 Å². The van der Waals surface area contributed by atoms with Crippen LogP contribution in [0.25, 0.3) is 0 Å². The van der Waals surface area contributed by atoms with Crippen LogP contribution in [0.2, 0.25) is 0 Å². The van der Waals surface area contributed by atoms with Crippen molar-refractivity contribution in [3.05, 3.63) is 129 Å². The summed E-state index contributed by atoms with van der Waals surface area (Å²) in [4.78, 5) is 60.7. The van der Waals surface area contributed by atoms with Crippen LogP contribution < -0.4 is 18.9 Å². The molecule has 21 nitrogen and oxygen atoms in total. The molecule has 4 aromatic rings. The number of methoxy groups -OCH3 is 3. The van der Waals surface area contributed by atoms with E-state index in [9.17, 15) is 49.8 Å². The molecule has 0 amide bonds. The van der Waals surface area contributed by atoms with Gasteiger partial charge in [-0.15, -0.1) is 13.2 Å². The summed E-state index contributed by atoms with van der Waals surface area (Å²) in [6.45, 7) is 15.8. The molecule has 4 saturated heterocycles. The van der Waals surface area contributed by atoms with E-state index in [-0.39, 0.29) is 58.8 Å². The van der Waals surface area contributed by atoms with Gasteiger partial charge < -0.3 is 63.8 Å². The molecular weight excluding hydrogens is 1370 g/mol. The number of benzene rings is 4. The van der Waals surface area contributed by atoms with Gasteiger partial charge in [-0.25, -0.2) is 0 Å². The number of phenols is 2. The Kier molecular flexibility index (Phi) is 17.2. The van der Waals surface area contributed by atoms with Gasteiger partial charge in [-0.3, -0.25) is 38.8 Å². The van der Waals surface area contributed by atoms with Crippen LogP contribution in [0.4, 0.5) is 0 Å². The predicted molar refractivity (Wildman–Crippen MR) is 390 cm³/mol. The third kappa shape index (κ3) is 9.58. The fourth-order valence-corrected chi connectivity index (χ4v) is 24.8. The number of ether oxygens (including phenoxy) is 7. The minimum atomic E-state index is -1.00. The first kappa shape index (κ1) is 71.3. The van der Waals surface area contributed by atoms with E-state index in [1.807, 2.05) is 30.4 Å². The Balaban J connectivity index is 0.0000000985. The highest BCUT2D eigenvalue weighted by Gasteiger charge is 2.78. The van der Waals surface area contributed by atoms with Gasteiger partial charge in [0.15, 0.2) is 70.5 Å². The molecule has 0 unspecified atom stereocenters. The molecule has 22 heteroatoms. The molecule has 16 atom stereocenters. The molecule has 566 valence electrons. The van der Waals surface area contributed by atoms with Crippen LogP contribution in [0, 0.1) is 11.8 Å². The number of Topliss-reactive ketones (excluding diaryl/α,β-unsaturated/α-hetero) is 4. The quantitative estimate of drug-likeness (QED) is 0.0564. The molecule has 4 aromatic carbocycles. The Hall–Kier alpha value is -6.31. The molecule has 106 heavy (non-hydrogen) atoms. The van der Waals surface area contributed by atoms with Gasteiger partial charge in [-0.05, 0) is 162 Å². The number of rotatable bonds is 13. The van der Waals surface area contributed by atoms with Crippen molar-refractivity contribution >= 4 is 34.7 Å². The van der Waals surface area contributed by atoms with Gasteiger partial charge in [0.05, 0.1) is 57.3 Å². The topological polar surface area (TPSA) is 267 Å². The Morgan fingerprint density at radius 3 is 1.01 bits per heavy atom. The number of carbonyl (C=O) groups is 4. The number of ketones is 4. The van der Waals surface area contributed by atoms with E-state index >= 15 is 0 Å². The van der Waals surface area contributed by atoms with E-state index in [1.54, 1.807) is 33.5 Å². The number of alkyl halides is 1. The van der Waals surface area contributed by atoms with E-state index in [0.717, 1.165) is 159 Å². The zero-order valence-corrected chi connectivity index (χ0v) is 62.0. The minimum absolute atomic E-state index is 0.000162. The number of halogens is 1. The summed E-state index contributed by atoms with van der Waals surface area (Å²) in [6.07, 6.45) is 16.2. The number of hydrogen-bond donors (Lipinski definition) is 6. The van der Waals surface area contributed by atoms with Gasteiger partial charge in [0.2, 0.25) is 0 Å². The maximum absolute atomic E-state index is 12.9. The van der Waals surface area contributed by atoms with Crippen molar-refractivity contribution < 1.29 is 83.0 Å². The normalized spacial score (nSPS) is 38.1. The van der Waals surface area contributed by atoms with E-state index in [4.69, 9.17) is 40.0 Å². The Labute approximate surface area is 624 Å². The number of likely N-dealkylation sites (tertiary alicyclic amines) is 4. The molecule has 6 saturated carbocycles. The van der Waals surface area contributed by atoms with E-state index < -0.39 is 68.5 Å². The lowest BCUT2D eigenvalue weighted by Crippen LogP contribution is -2.76. The van der Waals surface area contributed by atoms with Gasteiger partial charge in [-0.1, -0.05) is 60.2 Å². The number of nitrogens with zero attached hydrogens (tertiary/aromatic N) is 4. The summed E-state index contributed by atoms with van der Waals surface area (Å²) in [6, 6.07) is 16.1. The molecule has 10 fully saturated rings. The fraction of sp³-hybridized carbons (Fsp3) is 0.619. The summed E-state index contributed by atoms with van der Waals surface area (Å²) in [5.41, 5.74) is 4.36. The van der Waals surface area contributed by atoms with Crippen molar-refractivity contribution in [1.29, 1.82) is 0 Å². The minimum Gasteiger partial charge on any atom is -0.504 e. The van der Waals surface area contributed by atoms with Crippen molar-refractivity contribution in [2.75, 3.05) is 79.8 Å². The molecule has 8 aliphatic heterocycles. The van der Waals surface area contributed by atoms with Crippen molar-refractivity contribution in [1.82, 2.24) is 19.6 Å². The van der Waals surface area contributed by atoms with Gasteiger partial charge >= 0.3 is 0 Å². The monoisotopic (exact) mass is 1470 g/mol. The Morgan fingerprint density at radius 1 is 0.434 bits per heavy atom. The molecule has 22 rings (SSSR count). The van der Waals surface area contributed by atoms with Crippen LogP contribution in [0.1, 0.15) is 158 Å². The van der Waals surface area contributed by atoms with E-state index in [2.05, 4.69) is 55.7 Å². The average Bonchev–Trinajstić information content (AvgIpc) is 1.54. The van der Waals surface area contributed by atoms with Crippen LogP contribution in [0.3, 0.4) is 0 Å². The highest BCUT2D eigenvalue weighted by atomic mass is 35.5. The lowest BCUT2D eigenvalue weighted by molar-refractivity contribution is -0.188. The highest BCUT2D eigenvalue weighted by Crippen LogP contribution is 2.70. The smallest absolute Gasteiger partial charge is 0.174 e. The molecule has 0 aromatic heterocycles. The number of hydrogen-bond acceptors (Lipinski definition) is 21. The lowest BCUT2D eigenvalue weighted by Gasteiger charge is -2.62. The second-order valence-corrected chi connectivity index (χ2v) is 34.3. The first-order valence-electron chi connectivity index (χ1n) is 39.0. The van der Waals surface area contributed by atoms with Crippen LogP contribution in [-0.2, 0) is 93.9 Å². The second kappa shape index (κ2) is 25.6. The van der Waals surface area contributed by atoms with Crippen molar-refractivity contribution in [2.24, 2.45) is 11.8 Å². The predicted octanol–water partition coefficient (Wildman–Crippen LogP) is 7.36. The summed E-state index contributed by atoms with van der Waals surface area (Å²) in [7, 11) is 4.89. The van der Waals surface area contributed by atoms with E-state index in [0.29, 0.717) is 95.0 Å². The molecule has 4 spiro atoms.